The summed E-state index contributed by atoms with van der Waals surface area (Å²) in [6.07, 6.45) is 1.97. The smallest absolute Gasteiger partial charge is 0.0702 e. The largest absolute Gasteiger partial charge is 0.380 e. The normalized spacial score (nSPS) is 16.9. The summed E-state index contributed by atoms with van der Waals surface area (Å²) >= 11 is 0. The molecule has 1 aromatic heterocycles. The van der Waals surface area contributed by atoms with Gasteiger partial charge in [-0.2, -0.15) is 0 Å². The van der Waals surface area contributed by atoms with Gasteiger partial charge in [-0.25, -0.2) is 0 Å². The van der Waals surface area contributed by atoms with Crippen molar-refractivity contribution in [2.45, 2.75) is 5.92 Å². The van der Waals surface area contributed by atoms with Crippen LogP contribution in [0, 0.1) is 0 Å². The second kappa shape index (κ2) is 3.07. The van der Waals surface area contributed by atoms with Gasteiger partial charge in [0.05, 0.1) is 18.7 Å². The first-order chi connectivity index (χ1) is 6.93. The number of nitrogens with zero attached hydrogens (tertiary/aromatic N) is 1. The summed E-state index contributed by atoms with van der Waals surface area (Å²) in [4.78, 5) is 4.43. The van der Waals surface area contributed by atoms with E-state index in [-0.39, 0.29) is 0 Å². The standard InChI is InChI=1S/C12H11NO/c1-2-4-12-9(3-1)5-10(6-13-12)11-7-14-8-11/h1-6,11H,7-8H2. The fourth-order valence-corrected chi connectivity index (χ4v) is 1.74. The van der Waals surface area contributed by atoms with Crippen molar-refractivity contribution in [1.82, 2.24) is 4.98 Å². The highest BCUT2D eigenvalue weighted by atomic mass is 16.5. The van der Waals surface area contributed by atoms with Crippen molar-refractivity contribution >= 4 is 10.9 Å². The molecule has 2 nitrogen and oxygen atoms in total. The van der Waals surface area contributed by atoms with Gasteiger partial charge in [0.1, 0.15) is 0 Å². The first-order valence-corrected chi connectivity index (χ1v) is 4.86. The van der Waals surface area contributed by atoms with Gasteiger partial charge in [-0.15, -0.1) is 0 Å². The van der Waals surface area contributed by atoms with Crippen LogP contribution in [0.1, 0.15) is 11.5 Å². The zero-order chi connectivity index (χ0) is 9.38. The lowest BCUT2D eigenvalue weighted by atomic mass is 9.98. The Morgan fingerprint density at radius 3 is 2.86 bits per heavy atom. The van der Waals surface area contributed by atoms with Gasteiger partial charge in [0.15, 0.2) is 0 Å². The van der Waals surface area contributed by atoms with Gasteiger partial charge in [0.25, 0.3) is 0 Å². The third-order valence-corrected chi connectivity index (χ3v) is 2.72. The molecule has 2 aromatic rings. The van der Waals surface area contributed by atoms with Crippen molar-refractivity contribution in [2.24, 2.45) is 0 Å². The molecule has 1 aliphatic rings. The van der Waals surface area contributed by atoms with Crippen molar-refractivity contribution in [1.29, 1.82) is 0 Å². The molecule has 3 rings (SSSR count). The quantitative estimate of drug-likeness (QED) is 0.680. The zero-order valence-electron chi connectivity index (χ0n) is 7.81. The highest BCUT2D eigenvalue weighted by molar-refractivity contribution is 5.78. The summed E-state index contributed by atoms with van der Waals surface area (Å²) in [5, 5.41) is 1.22. The van der Waals surface area contributed by atoms with E-state index in [1.165, 1.54) is 10.9 Å². The number of aromatic nitrogens is 1. The lowest BCUT2D eigenvalue weighted by Crippen LogP contribution is -2.25. The molecular weight excluding hydrogens is 174 g/mol. The predicted octanol–water partition coefficient (Wildman–Crippen LogP) is 2.35. The van der Waals surface area contributed by atoms with E-state index in [0.29, 0.717) is 5.92 Å². The van der Waals surface area contributed by atoms with Gasteiger partial charge in [-0.05, 0) is 17.7 Å². The Labute approximate surface area is 82.5 Å². The molecule has 0 spiro atoms. The average molecular weight is 185 g/mol. The van der Waals surface area contributed by atoms with Crippen LogP contribution in [0.4, 0.5) is 0 Å². The minimum Gasteiger partial charge on any atom is -0.380 e. The van der Waals surface area contributed by atoms with E-state index in [2.05, 4.69) is 17.1 Å². The van der Waals surface area contributed by atoms with Crippen molar-refractivity contribution in [3.05, 3.63) is 42.1 Å². The van der Waals surface area contributed by atoms with E-state index < -0.39 is 0 Å². The maximum absolute atomic E-state index is 5.17. The van der Waals surface area contributed by atoms with E-state index in [0.717, 1.165) is 18.7 Å². The van der Waals surface area contributed by atoms with Crippen LogP contribution >= 0.6 is 0 Å². The molecule has 70 valence electrons. The van der Waals surface area contributed by atoms with E-state index >= 15 is 0 Å². The number of ether oxygens (including phenoxy) is 1. The molecule has 0 unspecified atom stereocenters. The lowest BCUT2D eigenvalue weighted by Gasteiger charge is -2.26. The Balaban J connectivity index is 2.10. The molecule has 0 aliphatic carbocycles. The summed E-state index contributed by atoms with van der Waals surface area (Å²) in [6, 6.07) is 10.4. The molecule has 1 aliphatic heterocycles. The summed E-state index contributed by atoms with van der Waals surface area (Å²) in [6.45, 7) is 1.69. The molecule has 1 fully saturated rings. The third-order valence-electron chi connectivity index (χ3n) is 2.72. The molecule has 0 atom stereocenters. The van der Waals surface area contributed by atoms with E-state index in [1.54, 1.807) is 0 Å². The Hall–Kier alpha value is -1.41. The maximum Gasteiger partial charge on any atom is 0.0702 e. The molecule has 1 aromatic carbocycles. The van der Waals surface area contributed by atoms with Gasteiger partial charge >= 0.3 is 0 Å². The van der Waals surface area contributed by atoms with Gasteiger partial charge < -0.3 is 4.74 Å². The fourth-order valence-electron chi connectivity index (χ4n) is 1.74. The van der Waals surface area contributed by atoms with Crippen LogP contribution in [0.5, 0.6) is 0 Å². The fraction of sp³-hybridized carbons (Fsp3) is 0.250. The van der Waals surface area contributed by atoms with Crippen LogP contribution in [0.15, 0.2) is 36.5 Å². The van der Waals surface area contributed by atoms with Crippen LogP contribution < -0.4 is 0 Å². The Morgan fingerprint density at radius 1 is 1.21 bits per heavy atom. The minimum absolute atomic E-state index is 0.562. The van der Waals surface area contributed by atoms with Crippen molar-refractivity contribution in [2.75, 3.05) is 13.2 Å². The number of benzene rings is 1. The third kappa shape index (κ3) is 1.19. The van der Waals surface area contributed by atoms with Crippen molar-refractivity contribution < 1.29 is 4.74 Å². The van der Waals surface area contributed by atoms with Gasteiger partial charge in [-0.1, -0.05) is 18.2 Å². The van der Waals surface area contributed by atoms with E-state index in [4.69, 9.17) is 4.74 Å². The Kier molecular flexibility index (Phi) is 1.74. The summed E-state index contributed by atoms with van der Waals surface area (Å²) < 4.78 is 5.17. The lowest BCUT2D eigenvalue weighted by molar-refractivity contribution is 0.00835. The Morgan fingerprint density at radius 2 is 2.07 bits per heavy atom. The second-order valence-electron chi connectivity index (χ2n) is 3.70. The summed E-state index contributed by atoms with van der Waals surface area (Å²) in [7, 11) is 0. The predicted molar refractivity (Wildman–Crippen MR) is 55.3 cm³/mol. The number of pyridine rings is 1. The molecule has 2 heterocycles. The molecule has 0 N–H and O–H groups in total. The maximum atomic E-state index is 5.17. The molecule has 0 saturated carbocycles. The second-order valence-corrected chi connectivity index (χ2v) is 3.70. The van der Waals surface area contributed by atoms with Gasteiger partial charge in [0.2, 0.25) is 0 Å². The van der Waals surface area contributed by atoms with Crippen molar-refractivity contribution in [3.8, 4) is 0 Å². The van der Waals surface area contributed by atoms with Crippen LogP contribution in [-0.4, -0.2) is 18.2 Å². The van der Waals surface area contributed by atoms with Crippen molar-refractivity contribution in [3.63, 3.8) is 0 Å². The highest BCUT2D eigenvalue weighted by Gasteiger charge is 2.20. The minimum atomic E-state index is 0.562. The van der Waals surface area contributed by atoms with Gasteiger partial charge in [-0.3, -0.25) is 4.98 Å². The molecule has 2 heteroatoms. The van der Waals surface area contributed by atoms with Crippen LogP contribution in [-0.2, 0) is 4.74 Å². The molecule has 14 heavy (non-hydrogen) atoms. The summed E-state index contributed by atoms with van der Waals surface area (Å²) in [5.74, 6) is 0.562. The molecule has 0 bridgehead atoms. The zero-order valence-corrected chi connectivity index (χ0v) is 7.81. The monoisotopic (exact) mass is 185 g/mol. The number of para-hydroxylation sites is 1. The number of hydrogen-bond donors (Lipinski definition) is 0. The number of rotatable bonds is 1. The number of hydrogen-bond acceptors (Lipinski definition) is 2. The highest BCUT2D eigenvalue weighted by Crippen LogP contribution is 2.25. The van der Waals surface area contributed by atoms with E-state index in [9.17, 15) is 0 Å². The Bertz CT molecular complexity index is 463. The topological polar surface area (TPSA) is 22.1 Å². The molecule has 1 saturated heterocycles. The molecule has 0 radical (unpaired) electrons. The first kappa shape index (κ1) is 7.94. The summed E-state index contributed by atoms with van der Waals surface area (Å²) in [5.41, 5.74) is 2.37. The van der Waals surface area contributed by atoms with E-state index in [1.807, 2.05) is 24.4 Å². The van der Waals surface area contributed by atoms with Crippen LogP contribution in [0.2, 0.25) is 0 Å². The van der Waals surface area contributed by atoms with Crippen LogP contribution in [0.3, 0.4) is 0 Å². The first-order valence-electron chi connectivity index (χ1n) is 4.86. The molecule has 0 amide bonds. The SMILES string of the molecule is c1ccc2ncc(C3COC3)cc2c1. The van der Waals surface area contributed by atoms with Crippen LogP contribution in [0.25, 0.3) is 10.9 Å². The number of fused-ring (bicyclic) bond motifs is 1. The molecular formula is C12H11NO. The average Bonchev–Trinajstić information content (AvgIpc) is 2.15. The van der Waals surface area contributed by atoms with Gasteiger partial charge in [0, 0.05) is 17.5 Å².